The molecule has 6 heteroatoms. The Morgan fingerprint density at radius 2 is 1.88 bits per heavy atom. The average Bonchev–Trinajstić information content (AvgIpc) is 2.24. The molecule has 1 aromatic rings. The highest BCUT2D eigenvalue weighted by atomic mass is 32.2. The molecule has 0 aliphatic heterocycles. The summed E-state index contributed by atoms with van der Waals surface area (Å²) in [6.45, 7) is 6.12. The first-order chi connectivity index (χ1) is 7.90. The Balaban J connectivity index is 2.94. The fraction of sp³-hybridized carbons (Fsp3) is 0.455. The first kappa shape index (κ1) is 13.8. The van der Waals surface area contributed by atoms with Crippen LogP contribution in [0.2, 0.25) is 0 Å². The number of nitrogens with zero attached hydrogens (tertiary/aromatic N) is 1. The Bertz CT molecular complexity index is 481. The van der Waals surface area contributed by atoms with E-state index in [9.17, 15) is 13.5 Å². The largest absolute Gasteiger partial charge is 0.508 e. The Morgan fingerprint density at radius 1 is 1.29 bits per heavy atom. The molecule has 0 bridgehead atoms. The van der Waals surface area contributed by atoms with Crippen LogP contribution < -0.4 is 4.72 Å². The SMILES string of the molecule is CCN(CC)S(=O)(=O)Nc1ccc(O)c(C)c1. The maximum Gasteiger partial charge on any atom is 0.301 e. The molecule has 2 N–H and O–H groups in total. The molecule has 0 fully saturated rings. The van der Waals surface area contributed by atoms with Gasteiger partial charge in [-0.1, -0.05) is 13.8 Å². The van der Waals surface area contributed by atoms with Crippen molar-refractivity contribution in [3.05, 3.63) is 23.8 Å². The molecular weight excluding hydrogens is 240 g/mol. The molecule has 0 spiro atoms. The van der Waals surface area contributed by atoms with Gasteiger partial charge in [-0.15, -0.1) is 0 Å². The lowest BCUT2D eigenvalue weighted by Crippen LogP contribution is -2.35. The van der Waals surface area contributed by atoms with Gasteiger partial charge in [-0.25, -0.2) is 0 Å². The molecule has 0 aliphatic carbocycles. The monoisotopic (exact) mass is 258 g/mol. The Morgan fingerprint density at radius 3 is 2.35 bits per heavy atom. The van der Waals surface area contributed by atoms with Crippen LogP contribution in [0.5, 0.6) is 5.75 Å². The van der Waals surface area contributed by atoms with E-state index in [4.69, 9.17) is 0 Å². The molecule has 96 valence electrons. The van der Waals surface area contributed by atoms with Crippen LogP contribution in [-0.2, 0) is 10.2 Å². The van der Waals surface area contributed by atoms with E-state index < -0.39 is 10.2 Å². The van der Waals surface area contributed by atoms with Crippen LogP contribution in [0.3, 0.4) is 0 Å². The minimum absolute atomic E-state index is 0.149. The van der Waals surface area contributed by atoms with Gasteiger partial charge in [0.05, 0.1) is 5.69 Å². The number of anilines is 1. The number of phenolic OH excluding ortho intramolecular Hbond substituents is 1. The molecule has 0 atom stereocenters. The van der Waals surface area contributed by atoms with E-state index in [1.165, 1.54) is 16.4 Å². The molecule has 0 aliphatic rings. The number of rotatable bonds is 5. The summed E-state index contributed by atoms with van der Waals surface area (Å²) in [6.07, 6.45) is 0. The van der Waals surface area contributed by atoms with Crippen molar-refractivity contribution < 1.29 is 13.5 Å². The fourth-order valence-corrected chi connectivity index (χ4v) is 2.73. The molecule has 1 aromatic carbocycles. The molecule has 17 heavy (non-hydrogen) atoms. The van der Waals surface area contributed by atoms with Crippen LogP contribution in [0.1, 0.15) is 19.4 Å². The second kappa shape index (κ2) is 5.37. The van der Waals surface area contributed by atoms with Gasteiger partial charge in [-0.05, 0) is 30.7 Å². The number of aryl methyl sites for hydroxylation is 1. The van der Waals surface area contributed by atoms with Crippen LogP contribution in [0, 0.1) is 6.92 Å². The average molecular weight is 258 g/mol. The summed E-state index contributed by atoms with van der Waals surface area (Å²) < 4.78 is 27.6. The van der Waals surface area contributed by atoms with Crippen LogP contribution in [0.4, 0.5) is 5.69 Å². The maximum absolute atomic E-state index is 11.9. The topological polar surface area (TPSA) is 69.6 Å². The summed E-state index contributed by atoms with van der Waals surface area (Å²) in [5.74, 6) is 0.149. The summed E-state index contributed by atoms with van der Waals surface area (Å²) in [6, 6.07) is 4.59. The zero-order chi connectivity index (χ0) is 13.1. The molecule has 0 saturated carbocycles. The third-order valence-electron chi connectivity index (χ3n) is 2.49. The Labute approximate surface area is 102 Å². The number of hydrogen-bond donors (Lipinski definition) is 2. The maximum atomic E-state index is 11.9. The number of nitrogens with one attached hydrogen (secondary N) is 1. The number of benzene rings is 1. The second-order valence-electron chi connectivity index (χ2n) is 3.69. The summed E-state index contributed by atoms with van der Waals surface area (Å²) >= 11 is 0. The summed E-state index contributed by atoms with van der Waals surface area (Å²) in [4.78, 5) is 0. The summed E-state index contributed by atoms with van der Waals surface area (Å²) in [7, 11) is -3.50. The van der Waals surface area contributed by atoms with E-state index in [2.05, 4.69) is 4.72 Å². The highest BCUT2D eigenvalue weighted by molar-refractivity contribution is 7.90. The fourth-order valence-electron chi connectivity index (χ4n) is 1.50. The van der Waals surface area contributed by atoms with Crippen LogP contribution >= 0.6 is 0 Å². The molecule has 0 saturated heterocycles. The van der Waals surface area contributed by atoms with E-state index in [1.807, 2.05) is 0 Å². The van der Waals surface area contributed by atoms with E-state index in [0.717, 1.165) is 0 Å². The van der Waals surface area contributed by atoms with E-state index in [1.54, 1.807) is 26.8 Å². The van der Waals surface area contributed by atoms with Crippen LogP contribution in [0.25, 0.3) is 0 Å². The molecule has 0 radical (unpaired) electrons. The van der Waals surface area contributed by atoms with Gasteiger partial charge >= 0.3 is 10.2 Å². The summed E-state index contributed by atoms with van der Waals surface area (Å²) in [5, 5.41) is 9.36. The van der Waals surface area contributed by atoms with E-state index in [-0.39, 0.29) is 5.75 Å². The van der Waals surface area contributed by atoms with Gasteiger partial charge in [0.2, 0.25) is 0 Å². The van der Waals surface area contributed by atoms with Crippen molar-refractivity contribution in [1.29, 1.82) is 0 Å². The quantitative estimate of drug-likeness (QED) is 0.790. The van der Waals surface area contributed by atoms with Crippen molar-refractivity contribution in [1.82, 2.24) is 4.31 Å². The number of phenols is 1. The zero-order valence-corrected chi connectivity index (χ0v) is 11.1. The van der Waals surface area contributed by atoms with Crippen molar-refractivity contribution in [3.63, 3.8) is 0 Å². The molecule has 0 heterocycles. The van der Waals surface area contributed by atoms with E-state index >= 15 is 0 Å². The van der Waals surface area contributed by atoms with Gasteiger partial charge < -0.3 is 5.11 Å². The smallest absolute Gasteiger partial charge is 0.301 e. The molecule has 5 nitrogen and oxygen atoms in total. The first-order valence-electron chi connectivity index (χ1n) is 5.48. The second-order valence-corrected chi connectivity index (χ2v) is 5.36. The van der Waals surface area contributed by atoms with Crippen LogP contribution in [-0.4, -0.2) is 30.9 Å². The van der Waals surface area contributed by atoms with Crippen molar-refractivity contribution in [2.45, 2.75) is 20.8 Å². The van der Waals surface area contributed by atoms with E-state index in [0.29, 0.717) is 24.3 Å². The van der Waals surface area contributed by atoms with Crippen molar-refractivity contribution in [2.24, 2.45) is 0 Å². The van der Waals surface area contributed by atoms with Crippen molar-refractivity contribution in [3.8, 4) is 5.75 Å². The Hall–Kier alpha value is -1.27. The highest BCUT2D eigenvalue weighted by Gasteiger charge is 2.18. The van der Waals surface area contributed by atoms with Crippen LogP contribution in [0.15, 0.2) is 18.2 Å². The minimum Gasteiger partial charge on any atom is -0.508 e. The van der Waals surface area contributed by atoms with Crippen molar-refractivity contribution in [2.75, 3.05) is 17.8 Å². The number of hydrogen-bond acceptors (Lipinski definition) is 3. The lowest BCUT2D eigenvalue weighted by atomic mass is 10.2. The van der Waals surface area contributed by atoms with Gasteiger partial charge in [0.25, 0.3) is 0 Å². The standard InChI is InChI=1S/C11H18N2O3S/c1-4-13(5-2)17(15,16)12-10-6-7-11(14)9(3)8-10/h6-8,12,14H,4-5H2,1-3H3. The summed E-state index contributed by atoms with van der Waals surface area (Å²) in [5.41, 5.74) is 1.08. The third-order valence-corrected chi connectivity index (χ3v) is 4.18. The third kappa shape index (κ3) is 3.34. The minimum atomic E-state index is -3.50. The van der Waals surface area contributed by atoms with Gasteiger partial charge in [0.15, 0.2) is 0 Å². The normalized spacial score (nSPS) is 11.8. The molecule has 0 unspecified atom stereocenters. The molecule has 1 rings (SSSR count). The Kier molecular flexibility index (Phi) is 4.36. The lowest BCUT2D eigenvalue weighted by molar-refractivity contribution is 0.449. The van der Waals surface area contributed by atoms with Gasteiger partial charge in [-0.3, -0.25) is 4.72 Å². The highest BCUT2D eigenvalue weighted by Crippen LogP contribution is 2.21. The first-order valence-corrected chi connectivity index (χ1v) is 6.92. The lowest BCUT2D eigenvalue weighted by Gasteiger charge is -2.19. The van der Waals surface area contributed by atoms with Gasteiger partial charge in [0, 0.05) is 13.1 Å². The molecule has 0 aromatic heterocycles. The molecule has 0 amide bonds. The predicted octanol–water partition coefficient (Wildman–Crippen LogP) is 1.70. The van der Waals surface area contributed by atoms with Gasteiger partial charge in [0.1, 0.15) is 5.75 Å². The van der Waals surface area contributed by atoms with Crippen molar-refractivity contribution >= 4 is 15.9 Å². The zero-order valence-electron chi connectivity index (χ0n) is 10.3. The molecular formula is C11H18N2O3S. The predicted molar refractivity (Wildman–Crippen MR) is 68.3 cm³/mol. The van der Waals surface area contributed by atoms with Gasteiger partial charge in [-0.2, -0.15) is 12.7 Å². The number of aromatic hydroxyl groups is 1.